The number of rotatable bonds is 7. The van der Waals surface area contributed by atoms with Crippen molar-refractivity contribution in [2.45, 2.75) is 39.0 Å². The van der Waals surface area contributed by atoms with Crippen molar-refractivity contribution in [1.29, 1.82) is 0 Å². The quantitative estimate of drug-likeness (QED) is 0.528. The second-order valence-electron chi connectivity index (χ2n) is 6.39. The lowest BCUT2D eigenvalue weighted by Gasteiger charge is -2.09. The third-order valence-electron chi connectivity index (χ3n) is 4.36. The monoisotopic (exact) mass is 375 g/mol. The number of halogens is 3. The molecule has 0 aliphatic heterocycles. The van der Waals surface area contributed by atoms with Gasteiger partial charge in [-0.05, 0) is 36.6 Å². The zero-order valence-corrected chi connectivity index (χ0v) is 14.9. The van der Waals surface area contributed by atoms with Gasteiger partial charge in [-0.3, -0.25) is 4.79 Å². The molecule has 0 amide bonds. The van der Waals surface area contributed by atoms with Crippen LogP contribution in [-0.2, 0) is 13.0 Å². The number of unbranched alkanes of at least 4 members (excludes halogenated alkanes) is 1. The van der Waals surface area contributed by atoms with E-state index >= 15 is 0 Å². The third kappa shape index (κ3) is 4.32. The maximum atomic E-state index is 13.1. The minimum absolute atomic E-state index is 0.244. The number of alkyl halides is 3. The number of aryl methyl sites for hydroxylation is 1. The fraction of sp³-hybridized carbons (Fsp3) is 0.286. The molecule has 6 heteroatoms. The standard InChI is InChI=1S/C21H20F3NO2/c1-2-3-9-18-19(20(26)21(22,23)24)16-12-15(10-11-17(16)25-18)27-13-14-7-5-4-6-8-14/h4-8,10-12,25H,2-3,9,13H2,1H3. The average molecular weight is 375 g/mol. The van der Waals surface area contributed by atoms with Crippen molar-refractivity contribution in [1.82, 2.24) is 4.98 Å². The van der Waals surface area contributed by atoms with Gasteiger partial charge >= 0.3 is 6.18 Å². The van der Waals surface area contributed by atoms with Gasteiger partial charge in [-0.15, -0.1) is 0 Å². The Labute approximate surface area is 155 Å². The molecule has 3 rings (SSSR count). The number of aromatic amines is 1. The number of ether oxygens (including phenoxy) is 1. The molecule has 0 saturated carbocycles. The lowest BCUT2D eigenvalue weighted by atomic mass is 10.0. The molecule has 142 valence electrons. The van der Waals surface area contributed by atoms with Crippen LogP contribution in [0.2, 0.25) is 0 Å². The highest BCUT2D eigenvalue weighted by atomic mass is 19.4. The number of hydrogen-bond donors (Lipinski definition) is 1. The molecule has 0 saturated heterocycles. The third-order valence-corrected chi connectivity index (χ3v) is 4.36. The van der Waals surface area contributed by atoms with Crippen LogP contribution in [0.3, 0.4) is 0 Å². The van der Waals surface area contributed by atoms with Crippen molar-refractivity contribution in [2.75, 3.05) is 0 Å². The normalized spacial score (nSPS) is 11.7. The van der Waals surface area contributed by atoms with E-state index in [9.17, 15) is 18.0 Å². The fourth-order valence-corrected chi connectivity index (χ4v) is 3.00. The lowest BCUT2D eigenvalue weighted by molar-refractivity contribution is -0.0884. The van der Waals surface area contributed by atoms with Crippen molar-refractivity contribution in [3.63, 3.8) is 0 Å². The summed E-state index contributed by atoms with van der Waals surface area (Å²) in [6, 6.07) is 14.3. The van der Waals surface area contributed by atoms with E-state index in [0.717, 1.165) is 12.0 Å². The van der Waals surface area contributed by atoms with Gasteiger partial charge in [0.05, 0.1) is 5.56 Å². The molecule has 1 N–H and O–H groups in total. The number of aromatic nitrogens is 1. The number of nitrogens with one attached hydrogen (secondary N) is 1. The van der Waals surface area contributed by atoms with Crippen molar-refractivity contribution in [2.24, 2.45) is 0 Å². The first-order valence-corrected chi connectivity index (χ1v) is 8.83. The van der Waals surface area contributed by atoms with Crippen LogP contribution in [0.4, 0.5) is 13.2 Å². The maximum absolute atomic E-state index is 13.1. The van der Waals surface area contributed by atoms with Gasteiger partial charge in [-0.25, -0.2) is 0 Å². The molecule has 27 heavy (non-hydrogen) atoms. The summed E-state index contributed by atoms with van der Waals surface area (Å²) in [6.07, 6.45) is -3.01. The second-order valence-corrected chi connectivity index (χ2v) is 6.39. The molecular formula is C21H20F3NO2. The van der Waals surface area contributed by atoms with Gasteiger partial charge in [-0.2, -0.15) is 13.2 Å². The van der Waals surface area contributed by atoms with Crippen molar-refractivity contribution in [3.8, 4) is 5.75 Å². The molecule has 0 aliphatic rings. The predicted molar refractivity (Wildman–Crippen MR) is 98.1 cm³/mol. The largest absolute Gasteiger partial charge is 0.489 e. The van der Waals surface area contributed by atoms with Crippen molar-refractivity contribution >= 4 is 16.7 Å². The SMILES string of the molecule is CCCCc1[nH]c2ccc(OCc3ccccc3)cc2c1C(=O)C(F)(F)F. The van der Waals surface area contributed by atoms with Gasteiger partial charge in [0.1, 0.15) is 12.4 Å². The molecule has 0 fully saturated rings. The molecule has 0 unspecified atom stereocenters. The molecule has 2 aromatic carbocycles. The van der Waals surface area contributed by atoms with E-state index in [1.807, 2.05) is 37.3 Å². The number of carbonyl (C=O) groups is 1. The topological polar surface area (TPSA) is 42.1 Å². The minimum atomic E-state index is -4.92. The van der Waals surface area contributed by atoms with Crippen LogP contribution in [0.5, 0.6) is 5.75 Å². The van der Waals surface area contributed by atoms with Crippen LogP contribution >= 0.6 is 0 Å². The predicted octanol–water partition coefficient (Wildman–Crippen LogP) is 5.83. The first-order chi connectivity index (χ1) is 12.9. The van der Waals surface area contributed by atoms with E-state index in [1.165, 1.54) is 6.07 Å². The Hall–Kier alpha value is -2.76. The molecule has 1 heterocycles. The van der Waals surface area contributed by atoms with Gasteiger partial charge in [0.15, 0.2) is 0 Å². The zero-order chi connectivity index (χ0) is 19.4. The van der Waals surface area contributed by atoms with Crippen LogP contribution in [0, 0.1) is 0 Å². The van der Waals surface area contributed by atoms with E-state index in [0.29, 0.717) is 36.4 Å². The number of benzene rings is 2. The Kier molecular flexibility index (Phi) is 5.54. The Morgan fingerprint density at radius 3 is 2.52 bits per heavy atom. The highest BCUT2D eigenvalue weighted by Gasteiger charge is 2.41. The molecule has 0 aliphatic carbocycles. The van der Waals surface area contributed by atoms with E-state index in [2.05, 4.69) is 4.98 Å². The maximum Gasteiger partial charge on any atom is 0.454 e. The summed E-state index contributed by atoms with van der Waals surface area (Å²) in [4.78, 5) is 15.0. The van der Waals surface area contributed by atoms with Crippen molar-refractivity contribution < 1.29 is 22.7 Å². The smallest absolute Gasteiger partial charge is 0.454 e. The summed E-state index contributed by atoms with van der Waals surface area (Å²) in [7, 11) is 0. The lowest BCUT2D eigenvalue weighted by Crippen LogP contribution is -2.23. The Morgan fingerprint density at radius 1 is 1.11 bits per heavy atom. The first kappa shape index (κ1) is 19.0. The first-order valence-electron chi connectivity index (χ1n) is 8.83. The van der Waals surface area contributed by atoms with E-state index in [1.54, 1.807) is 12.1 Å². The molecule has 3 nitrogen and oxygen atoms in total. The van der Waals surface area contributed by atoms with Gasteiger partial charge in [0, 0.05) is 16.6 Å². The summed E-state index contributed by atoms with van der Waals surface area (Å²) in [6.45, 7) is 2.24. The zero-order valence-electron chi connectivity index (χ0n) is 14.9. The molecule has 0 bridgehead atoms. The Morgan fingerprint density at radius 2 is 1.85 bits per heavy atom. The summed E-state index contributed by atoms with van der Waals surface area (Å²) in [5, 5.41) is 0.244. The van der Waals surface area contributed by atoms with E-state index in [-0.39, 0.29) is 10.9 Å². The average Bonchev–Trinajstić information content (AvgIpc) is 3.01. The van der Waals surface area contributed by atoms with Crippen LogP contribution in [-0.4, -0.2) is 16.9 Å². The Balaban J connectivity index is 1.96. The van der Waals surface area contributed by atoms with Crippen molar-refractivity contribution in [3.05, 3.63) is 65.4 Å². The number of ketones is 1. The number of hydrogen-bond acceptors (Lipinski definition) is 2. The fourth-order valence-electron chi connectivity index (χ4n) is 3.00. The van der Waals surface area contributed by atoms with Gasteiger partial charge < -0.3 is 9.72 Å². The van der Waals surface area contributed by atoms with Gasteiger partial charge in [0.2, 0.25) is 0 Å². The molecule has 0 atom stereocenters. The summed E-state index contributed by atoms with van der Waals surface area (Å²) >= 11 is 0. The van der Waals surface area contributed by atoms with Crippen LogP contribution in [0.15, 0.2) is 48.5 Å². The molecular weight excluding hydrogens is 355 g/mol. The summed E-state index contributed by atoms with van der Waals surface area (Å²) in [5.74, 6) is -1.40. The number of H-pyrrole nitrogens is 1. The highest BCUT2D eigenvalue weighted by molar-refractivity contribution is 6.12. The molecule has 0 radical (unpaired) electrons. The van der Waals surface area contributed by atoms with Crippen LogP contribution < -0.4 is 4.74 Å². The highest BCUT2D eigenvalue weighted by Crippen LogP contribution is 2.33. The molecule has 1 aromatic heterocycles. The summed E-state index contributed by atoms with van der Waals surface area (Å²) in [5.41, 5.74) is 1.48. The Bertz CT molecular complexity index is 930. The number of carbonyl (C=O) groups excluding carboxylic acids is 1. The van der Waals surface area contributed by atoms with Crippen LogP contribution in [0.1, 0.15) is 41.4 Å². The second kappa shape index (κ2) is 7.86. The molecule has 0 spiro atoms. The minimum Gasteiger partial charge on any atom is -0.489 e. The number of Topliss-reactive ketones (excluding diaryl/α,β-unsaturated/α-hetero) is 1. The van der Waals surface area contributed by atoms with Crippen LogP contribution in [0.25, 0.3) is 10.9 Å². The summed E-state index contributed by atoms with van der Waals surface area (Å²) < 4.78 is 45.1. The number of fused-ring (bicyclic) bond motifs is 1. The van der Waals surface area contributed by atoms with E-state index in [4.69, 9.17) is 4.74 Å². The van der Waals surface area contributed by atoms with E-state index < -0.39 is 12.0 Å². The van der Waals surface area contributed by atoms with Gasteiger partial charge in [-0.1, -0.05) is 43.7 Å². The van der Waals surface area contributed by atoms with Gasteiger partial charge in [0.25, 0.3) is 5.78 Å². The molecule has 3 aromatic rings.